The number of rotatable bonds is 5. The number of aromatic nitrogens is 3. The van der Waals surface area contributed by atoms with Crippen LogP contribution in [0.3, 0.4) is 0 Å². The Bertz CT molecular complexity index is 1060. The molecule has 4 bridgehead atoms. The minimum atomic E-state index is -0.00372. The SMILES string of the molecule is CCn1ncc(NC(=S)NNC(=O)CC23C[C@H]4C[C@H](C2)CC(c2c(C)noc2C)(C4)C3)c1C. The molecule has 0 saturated heterocycles. The van der Waals surface area contributed by atoms with E-state index in [4.69, 9.17) is 16.7 Å². The van der Waals surface area contributed by atoms with E-state index in [2.05, 4.69) is 33.3 Å². The van der Waals surface area contributed by atoms with E-state index in [1.807, 2.05) is 25.5 Å². The minimum absolute atomic E-state index is 0.00372. The second-order valence-electron chi connectivity index (χ2n) is 10.7. The normalized spacial score (nSPS) is 29.8. The Kier molecular flexibility index (Phi) is 5.50. The second-order valence-corrected chi connectivity index (χ2v) is 11.1. The topological polar surface area (TPSA) is 97.0 Å². The van der Waals surface area contributed by atoms with Gasteiger partial charge in [-0.1, -0.05) is 5.16 Å². The van der Waals surface area contributed by atoms with Crippen molar-refractivity contribution in [1.82, 2.24) is 25.8 Å². The molecule has 2 atom stereocenters. The van der Waals surface area contributed by atoms with Crippen LogP contribution < -0.4 is 16.2 Å². The van der Waals surface area contributed by atoms with Gasteiger partial charge in [-0.2, -0.15) is 5.10 Å². The van der Waals surface area contributed by atoms with E-state index < -0.39 is 0 Å². The Balaban J connectivity index is 1.24. The lowest BCUT2D eigenvalue weighted by Crippen LogP contribution is -2.56. The second kappa shape index (κ2) is 8.11. The van der Waals surface area contributed by atoms with Gasteiger partial charge in [0.1, 0.15) is 5.76 Å². The van der Waals surface area contributed by atoms with Gasteiger partial charge in [-0.25, -0.2) is 0 Å². The highest BCUT2D eigenvalue weighted by Gasteiger charge is 2.59. The fourth-order valence-corrected chi connectivity index (χ4v) is 7.91. The quantitative estimate of drug-likeness (QED) is 0.448. The van der Waals surface area contributed by atoms with Crippen LogP contribution in [0.25, 0.3) is 0 Å². The number of aryl methyl sites for hydroxylation is 3. The van der Waals surface area contributed by atoms with Crippen LogP contribution in [0.4, 0.5) is 5.69 Å². The van der Waals surface area contributed by atoms with Gasteiger partial charge in [-0.15, -0.1) is 0 Å². The first-order valence-corrected chi connectivity index (χ1v) is 12.4. The first-order chi connectivity index (χ1) is 15.7. The van der Waals surface area contributed by atoms with E-state index in [0.717, 1.165) is 48.6 Å². The van der Waals surface area contributed by atoms with Crippen molar-refractivity contribution in [1.29, 1.82) is 0 Å². The largest absolute Gasteiger partial charge is 0.361 e. The third-order valence-electron chi connectivity index (χ3n) is 8.25. The summed E-state index contributed by atoms with van der Waals surface area (Å²) in [7, 11) is 0. The number of hydrogen-bond donors (Lipinski definition) is 3. The predicted molar refractivity (Wildman–Crippen MR) is 130 cm³/mol. The smallest absolute Gasteiger partial charge is 0.238 e. The molecule has 1 amide bonds. The molecule has 4 saturated carbocycles. The number of nitrogens with zero attached hydrogens (tertiary/aromatic N) is 3. The lowest BCUT2D eigenvalue weighted by molar-refractivity contribution is -0.131. The Morgan fingerprint density at radius 1 is 1.21 bits per heavy atom. The molecule has 0 aliphatic heterocycles. The molecular weight excluding hydrogens is 436 g/mol. The maximum atomic E-state index is 13.0. The van der Waals surface area contributed by atoms with Gasteiger partial charge in [0.15, 0.2) is 5.11 Å². The number of hydrogen-bond acceptors (Lipinski definition) is 5. The van der Waals surface area contributed by atoms with Crippen LogP contribution in [-0.4, -0.2) is 26.0 Å². The average Bonchev–Trinajstić information content (AvgIpc) is 3.26. The molecule has 8 nitrogen and oxygen atoms in total. The molecule has 3 N–H and O–H groups in total. The van der Waals surface area contributed by atoms with Gasteiger partial charge in [0.2, 0.25) is 5.91 Å². The fraction of sp³-hybridized carbons (Fsp3) is 0.667. The van der Waals surface area contributed by atoms with Crippen LogP contribution >= 0.6 is 12.2 Å². The molecule has 6 rings (SSSR count). The van der Waals surface area contributed by atoms with E-state index in [0.29, 0.717) is 23.4 Å². The van der Waals surface area contributed by atoms with E-state index in [-0.39, 0.29) is 16.7 Å². The van der Waals surface area contributed by atoms with Crippen molar-refractivity contribution in [3.8, 4) is 0 Å². The number of nitrogens with one attached hydrogen (secondary N) is 3. The van der Waals surface area contributed by atoms with E-state index in [9.17, 15) is 4.79 Å². The molecule has 178 valence electrons. The zero-order valence-electron chi connectivity index (χ0n) is 20.0. The monoisotopic (exact) mass is 470 g/mol. The summed E-state index contributed by atoms with van der Waals surface area (Å²) in [6.07, 6.45) is 9.29. The summed E-state index contributed by atoms with van der Waals surface area (Å²) in [5.74, 6) is 2.31. The van der Waals surface area contributed by atoms with Crippen molar-refractivity contribution in [2.75, 3.05) is 5.32 Å². The highest BCUT2D eigenvalue weighted by atomic mass is 32.1. The first kappa shape index (κ1) is 22.4. The molecule has 0 unspecified atom stereocenters. The number of anilines is 1. The summed E-state index contributed by atoms with van der Waals surface area (Å²) in [6.45, 7) is 8.93. The molecule has 2 aromatic rings. The van der Waals surface area contributed by atoms with Gasteiger partial charge in [-0.05, 0) is 95.7 Å². The maximum Gasteiger partial charge on any atom is 0.238 e. The van der Waals surface area contributed by atoms with Crippen LogP contribution in [0.2, 0.25) is 0 Å². The Hall–Kier alpha value is -2.42. The molecule has 4 aliphatic carbocycles. The summed E-state index contributed by atoms with van der Waals surface area (Å²) in [4.78, 5) is 13.0. The Labute approximate surface area is 200 Å². The van der Waals surface area contributed by atoms with Crippen LogP contribution in [0.15, 0.2) is 10.7 Å². The van der Waals surface area contributed by atoms with Gasteiger partial charge in [0.05, 0.1) is 23.3 Å². The average molecular weight is 471 g/mol. The van der Waals surface area contributed by atoms with Gasteiger partial charge in [0, 0.05) is 23.9 Å². The number of carbonyl (C=O) groups excluding carboxylic acids is 1. The molecule has 0 spiro atoms. The molecule has 4 aliphatic rings. The molecule has 2 heterocycles. The van der Waals surface area contributed by atoms with Crippen molar-refractivity contribution in [2.24, 2.45) is 17.3 Å². The van der Waals surface area contributed by atoms with Crippen molar-refractivity contribution in [2.45, 2.75) is 84.6 Å². The molecule has 0 radical (unpaired) electrons. The zero-order chi connectivity index (χ0) is 23.4. The highest BCUT2D eigenvalue weighted by molar-refractivity contribution is 7.80. The Morgan fingerprint density at radius 3 is 2.55 bits per heavy atom. The maximum absolute atomic E-state index is 13.0. The number of amides is 1. The van der Waals surface area contributed by atoms with E-state index in [1.165, 1.54) is 24.8 Å². The predicted octanol–water partition coefficient (Wildman–Crippen LogP) is 4.06. The molecule has 33 heavy (non-hydrogen) atoms. The number of hydrazine groups is 1. The van der Waals surface area contributed by atoms with Crippen molar-refractivity contribution >= 4 is 28.9 Å². The van der Waals surface area contributed by atoms with Crippen molar-refractivity contribution in [3.05, 3.63) is 28.9 Å². The van der Waals surface area contributed by atoms with Crippen LogP contribution in [0, 0.1) is 38.0 Å². The molecule has 2 aromatic heterocycles. The molecule has 0 aromatic carbocycles. The van der Waals surface area contributed by atoms with Crippen LogP contribution in [-0.2, 0) is 16.8 Å². The highest BCUT2D eigenvalue weighted by Crippen LogP contribution is 2.67. The standard InChI is InChI=1S/C24H34N6O2S/c1-5-30-15(3)19(12-25-30)26-22(33)28-27-20(31)11-23-7-17-6-18(8-23)10-24(9-17,13-23)21-14(2)29-32-16(21)4/h12,17-18H,5-11,13H2,1-4H3,(H,27,31)(H2,26,28,33)/t17-,18-,23?,24?/m1/s1. The van der Waals surface area contributed by atoms with Gasteiger partial charge >= 0.3 is 0 Å². The van der Waals surface area contributed by atoms with Gasteiger partial charge < -0.3 is 9.84 Å². The lowest BCUT2D eigenvalue weighted by atomic mass is 9.42. The van der Waals surface area contributed by atoms with Crippen molar-refractivity contribution < 1.29 is 9.32 Å². The Morgan fingerprint density at radius 2 is 1.94 bits per heavy atom. The number of carbonyl (C=O) groups is 1. The van der Waals surface area contributed by atoms with E-state index in [1.54, 1.807) is 6.20 Å². The van der Waals surface area contributed by atoms with Crippen LogP contribution in [0.1, 0.15) is 74.6 Å². The summed E-state index contributed by atoms with van der Waals surface area (Å²) < 4.78 is 7.46. The first-order valence-electron chi connectivity index (χ1n) is 12.0. The number of thiocarbonyl (C=S) groups is 1. The van der Waals surface area contributed by atoms with Gasteiger partial charge in [0.25, 0.3) is 0 Å². The molecular formula is C24H34N6O2S. The molecule has 4 fully saturated rings. The third-order valence-corrected chi connectivity index (χ3v) is 8.45. The lowest BCUT2D eigenvalue weighted by Gasteiger charge is -2.62. The summed E-state index contributed by atoms with van der Waals surface area (Å²) in [5, 5.41) is 12.1. The van der Waals surface area contributed by atoms with Crippen molar-refractivity contribution in [3.63, 3.8) is 0 Å². The molecule has 9 heteroatoms. The summed E-state index contributed by atoms with van der Waals surface area (Å²) in [6, 6.07) is 0. The summed E-state index contributed by atoms with van der Waals surface area (Å²) >= 11 is 5.38. The summed E-state index contributed by atoms with van der Waals surface area (Å²) in [5.41, 5.74) is 10.1. The fourth-order valence-electron chi connectivity index (χ4n) is 7.74. The third kappa shape index (κ3) is 3.94. The van der Waals surface area contributed by atoms with Gasteiger partial charge in [-0.3, -0.25) is 20.3 Å². The zero-order valence-corrected chi connectivity index (χ0v) is 20.8. The van der Waals surface area contributed by atoms with E-state index >= 15 is 0 Å². The minimum Gasteiger partial charge on any atom is -0.361 e. The van der Waals surface area contributed by atoms with Crippen LogP contribution in [0.5, 0.6) is 0 Å².